The number of carbonyl (C=O) groups excluding carboxylic acids is 1. The van der Waals surface area contributed by atoms with Gasteiger partial charge in [0.1, 0.15) is 23.4 Å². The maximum absolute atomic E-state index is 14.8. The number of anilines is 1. The average molecular weight is 406 g/mol. The molecule has 0 radical (unpaired) electrons. The zero-order valence-corrected chi connectivity index (χ0v) is 14.3. The molecule has 4 rings (SSSR count). The lowest BCUT2D eigenvalue weighted by Gasteiger charge is -2.35. The lowest BCUT2D eigenvalue weighted by Crippen LogP contribution is -2.51. The van der Waals surface area contributed by atoms with Gasteiger partial charge in [-0.2, -0.15) is 13.2 Å². The predicted octanol–water partition coefficient (Wildman–Crippen LogP) is 2.24. The van der Waals surface area contributed by atoms with Crippen LogP contribution in [0.25, 0.3) is 0 Å². The first-order valence-electron chi connectivity index (χ1n) is 7.95. The van der Waals surface area contributed by atoms with E-state index in [1.165, 1.54) is 0 Å². The van der Waals surface area contributed by atoms with Gasteiger partial charge in [-0.3, -0.25) is 9.79 Å². The molecule has 0 saturated heterocycles. The minimum atomic E-state index is -4.75. The van der Waals surface area contributed by atoms with Gasteiger partial charge in [0.2, 0.25) is 5.96 Å². The van der Waals surface area contributed by atoms with Crippen molar-refractivity contribution in [3.8, 4) is 5.75 Å². The molecule has 1 aromatic carbocycles. The number of aliphatic hydroxyl groups is 1. The van der Waals surface area contributed by atoms with Gasteiger partial charge in [0.15, 0.2) is 0 Å². The van der Waals surface area contributed by atoms with Crippen LogP contribution in [-0.4, -0.2) is 53.8 Å². The molecule has 3 heterocycles. The summed E-state index contributed by atoms with van der Waals surface area (Å²) in [5.74, 6) is -2.18. The molecule has 11 heteroatoms. The molecule has 3 aliphatic heterocycles. The van der Waals surface area contributed by atoms with Gasteiger partial charge in [0, 0.05) is 24.6 Å². The number of aliphatic imine (C=N–C) groups is 1. The number of fused-ring (bicyclic) bond motifs is 2. The van der Waals surface area contributed by atoms with E-state index in [-0.39, 0.29) is 54.1 Å². The Morgan fingerprint density at radius 1 is 1.41 bits per heavy atom. The van der Waals surface area contributed by atoms with E-state index in [1.807, 2.05) is 0 Å². The third-order valence-corrected chi connectivity index (χ3v) is 4.76. The second kappa shape index (κ2) is 6.10. The van der Waals surface area contributed by atoms with E-state index in [0.717, 1.165) is 15.9 Å². The average Bonchev–Trinajstić information content (AvgIpc) is 3.22. The molecule has 3 aliphatic rings. The number of nitrogens with zero attached hydrogens (tertiary/aromatic N) is 3. The monoisotopic (exact) mass is 405 g/mol. The molecule has 27 heavy (non-hydrogen) atoms. The Labute approximate surface area is 155 Å². The van der Waals surface area contributed by atoms with Crippen LogP contribution in [-0.2, 0) is 11.2 Å². The number of benzene rings is 1. The molecular formula is C16H12ClF4N3O3. The molecule has 0 spiro atoms. The second-order valence-corrected chi connectivity index (χ2v) is 6.56. The predicted molar refractivity (Wildman–Crippen MR) is 87.2 cm³/mol. The van der Waals surface area contributed by atoms with Crippen molar-refractivity contribution < 1.29 is 32.2 Å². The molecule has 1 N–H and O–H groups in total. The van der Waals surface area contributed by atoms with E-state index in [0.29, 0.717) is 6.08 Å². The fourth-order valence-electron chi connectivity index (χ4n) is 3.40. The van der Waals surface area contributed by atoms with Crippen LogP contribution in [0.1, 0.15) is 5.56 Å². The number of ether oxygens (including phenoxy) is 1. The van der Waals surface area contributed by atoms with Gasteiger partial charge in [-0.1, -0.05) is 11.6 Å². The van der Waals surface area contributed by atoms with Gasteiger partial charge < -0.3 is 14.7 Å². The highest BCUT2D eigenvalue weighted by molar-refractivity contribution is 6.32. The van der Waals surface area contributed by atoms with Crippen LogP contribution in [0.15, 0.2) is 22.8 Å². The number of alkyl halides is 3. The number of rotatable bonds is 2. The number of hydrogen-bond donors (Lipinski definition) is 1. The fourth-order valence-corrected chi connectivity index (χ4v) is 3.65. The van der Waals surface area contributed by atoms with E-state index < -0.39 is 29.7 Å². The summed E-state index contributed by atoms with van der Waals surface area (Å²) in [6.45, 7) is -0.428. The van der Waals surface area contributed by atoms with Crippen molar-refractivity contribution in [2.24, 2.45) is 4.99 Å². The van der Waals surface area contributed by atoms with Crippen molar-refractivity contribution in [1.82, 2.24) is 4.90 Å². The fraction of sp³-hybridized carbons (Fsp3) is 0.375. The van der Waals surface area contributed by atoms with Gasteiger partial charge in [0.05, 0.1) is 23.9 Å². The van der Waals surface area contributed by atoms with Crippen LogP contribution >= 0.6 is 11.6 Å². The topological polar surface area (TPSA) is 65.4 Å². The zero-order valence-electron chi connectivity index (χ0n) is 13.6. The van der Waals surface area contributed by atoms with Crippen LogP contribution in [0, 0.1) is 5.82 Å². The molecule has 1 atom stereocenters. The SMILES string of the molecule is O=C1C=C(C(F)(F)F)N2CCN=C2N1c1c(F)cc(Cl)c2c1CC(CO)O2. The van der Waals surface area contributed by atoms with E-state index >= 15 is 0 Å². The number of halogens is 5. The Hall–Kier alpha value is -2.33. The van der Waals surface area contributed by atoms with Crippen molar-refractivity contribution in [2.75, 3.05) is 24.6 Å². The first-order chi connectivity index (χ1) is 12.7. The van der Waals surface area contributed by atoms with Crippen molar-refractivity contribution in [3.05, 3.63) is 34.2 Å². The molecule has 144 valence electrons. The first kappa shape index (κ1) is 18.1. The van der Waals surface area contributed by atoms with Gasteiger partial charge in [-0.25, -0.2) is 9.29 Å². The number of aliphatic hydroxyl groups excluding tert-OH is 1. The van der Waals surface area contributed by atoms with Crippen LogP contribution in [0.5, 0.6) is 5.75 Å². The quantitative estimate of drug-likeness (QED) is 0.766. The summed E-state index contributed by atoms with van der Waals surface area (Å²) in [6, 6.07) is 0.922. The number of carbonyl (C=O) groups is 1. The van der Waals surface area contributed by atoms with Gasteiger partial charge in [0.25, 0.3) is 5.91 Å². The summed E-state index contributed by atoms with van der Waals surface area (Å²) < 4.78 is 60.0. The molecule has 1 unspecified atom stereocenters. The highest BCUT2D eigenvalue weighted by atomic mass is 35.5. The Balaban J connectivity index is 1.87. The minimum absolute atomic E-state index is 0.0275. The van der Waals surface area contributed by atoms with E-state index in [9.17, 15) is 27.5 Å². The largest absolute Gasteiger partial charge is 0.486 e. The summed E-state index contributed by atoms with van der Waals surface area (Å²) in [5, 5.41) is 9.26. The Bertz CT molecular complexity index is 900. The minimum Gasteiger partial charge on any atom is -0.486 e. The van der Waals surface area contributed by atoms with Crippen LogP contribution in [0.2, 0.25) is 5.02 Å². The molecule has 0 bridgehead atoms. The number of allylic oxidation sites excluding steroid dienone is 1. The van der Waals surface area contributed by atoms with Crippen molar-refractivity contribution >= 4 is 29.2 Å². The smallest absolute Gasteiger partial charge is 0.431 e. The van der Waals surface area contributed by atoms with Gasteiger partial charge in [-0.15, -0.1) is 0 Å². The van der Waals surface area contributed by atoms with Crippen molar-refractivity contribution in [3.63, 3.8) is 0 Å². The van der Waals surface area contributed by atoms with Crippen LogP contribution in [0.3, 0.4) is 0 Å². The van der Waals surface area contributed by atoms with E-state index in [2.05, 4.69) is 4.99 Å². The second-order valence-electron chi connectivity index (χ2n) is 6.16. The van der Waals surface area contributed by atoms with Crippen LogP contribution < -0.4 is 9.64 Å². The first-order valence-corrected chi connectivity index (χ1v) is 8.33. The third kappa shape index (κ3) is 2.74. The van der Waals surface area contributed by atoms with Crippen molar-refractivity contribution in [1.29, 1.82) is 0 Å². The molecule has 0 fully saturated rings. The highest BCUT2D eigenvalue weighted by Gasteiger charge is 2.48. The standard InChI is InChI=1S/C16H12ClF4N3O3/c17-9-4-10(18)13(8-3-7(6-25)27-14(8)9)24-12(26)5-11(16(19,20)21)23-2-1-22-15(23)24/h4-5,7,25H,1-3,6H2. The molecule has 0 saturated carbocycles. The number of amides is 1. The molecule has 1 amide bonds. The Morgan fingerprint density at radius 3 is 2.81 bits per heavy atom. The number of hydrogen-bond acceptors (Lipinski definition) is 5. The maximum atomic E-state index is 14.8. The van der Waals surface area contributed by atoms with Crippen LogP contribution in [0.4, 0.5) is 23.2 Å². The molecule has 6 nitrogen and oxygen atoms in total. The summed E-state index contributed by atoms with van der Waals surface area (Å²) >= 11 is 5.99. The summed E-state index contributed by atoms with van der Waals surface area (Å²) in [6.07, 6.45) is -4.98. The lowest BCUT2D eigenvalue weighted by molar-refractivity contribution is -0.119. The normalized spacial score (nSPS) is 21.7. The number of guanidine groups is 1. The van der Waals surface area contributed by atoms with Gasteiger partial charge >= 0.3 is 6.18 Å². The Morgan fingerprint density at radius 2 is 2.15 bits per heavy atom. The van der Waals surface area contributed by atoms with E-state index in [4.69, 9.17) is 16.3 Å². The van der Waals surface area contributed by atoms with Crippen molar-refractivity contribution in [2.45, 2.75) is 18.7 Å². The zero-order chi connectivity index (χ0) is 19.5. The van der Waals surface area contributed by atoms with E-state index in [1.54, 1.807) is 0 Å². The molecule has 0 aromatic heterocycles. The third-order valence-electron chi connectivity index (χ3n) is 4.48. The molecular weight excluding hydrogens is 394 g/mol. The summed E-state index contributed by atoms with van der Waals surface area (Å²) in [4.78, 5) is 18.1. The Kier molecular flexibility index (Phi) is 4.08. The molecule has 0 aliphatic carbocycles. The van der Waals surface area contributed by atoms with Gasteiger partial charge in [-0.05, 0) is 6.07 Å². The molecule has 1 aromatic rings. The maximum Gasteiger partial charge on any atom is 0.431 e. The lowest BCUT2D eigenvalue weighted by atomic mass is 10.1. The highest BCUT2D eigenvalue weighted by Crippen LogP contribution is 2.45. The summed E-state index contributed by atoms with van der Waals surface area (Å²) in [7, 11) is 0. The summed E-state index contributed by atoms with van der Waals surface area (Å²) in [5.41, 5.74) is -1.21.